The number of carbonyl (C=O) groups is 1. The van der Waals surface area contributed by atoms with Gasteiger partial charge in [-0.3, -0.25) is 4.79 Å². The van der Waals surface area contributed by atoms with E-state index >= 15 is 0 Å². The van der Waals surface area contributed by atoms with E-state index in [4.69, 9.17) is 0 Å². The van der Waals surface area contributed by atoms with Gasteiger partial charge in [0.25, 0.3) is 0 Å². The van der Waals surface area contributed by atoms with Gasteiger partial charge in [-0.25, -0.2) is 0 Å². The number of hydrogen-bond donors (Lipinski definition) is 1. The van der Waals surface area contributed by atoms with E-state index in [-0.39, 0.29) is 5.91 Å². The molecule has 1 rings (SSSR count). The first kappa shape index (κ1) is 9.78. The van der Waals surface area contributed by atoms with Gasteiger partial charge in [-0.15, -0.1) is 0 Å². The average molecular weight is 177 g/mol. The Morgan fingerprint density at radius 3 is 2.69 bits per heavy atom. The molecular weight excluding hydrogens is 162 g/mol. The van der Waals surface area contributed by atoms with Crippen molar-refractivity contribution in [1.29, 1.82) is 0 Å². The van der Waals surface area contributed by atoms with Gasteiger partial charge in [-0.2, -0.15) is 0 Å². The van der Waals surface area contributed by atoms with Crippen LogP contribution in [0.4, 0.5) is 5.69 Å². The highest BCUT2D eigenvalue weighted by atomic mass is 16.1. The second-order valence-corrected chi connectivity index (χ2v) is 3.20. The van der Waals surface area contributed by atoms with E-state index in [0.29, 0.717) is 0 Å². The monoisotopic (exact) mass is 177 g/mol. The molecule has 0 aliphatic carbocycles. The van der Waals surface area contributed by atoms with Crippen LogP contribution in [0, 0.1) is 6.92 Å². The molecule has 1 aromatic rings. The molecule has 0 spiro atoms. The minimum atomic E-state index is -0.0136. The Balaban J connectivity index is 3.01. The van der Waals surface area contributed by atoms with Crippen molar-refractivity contribution in [2.45, 2.75) is 27.2 Å². The van der Waals surface area contributed by atoms with Crippen LogP contribution in [0.3, 0.4) is 0 Å². The Kier molecular flexibility index (Phi) is 3.07. The van der Waals surface area contributed by atoms with E-state index in [0.717, 1.165) is 12.1 Å². The van der Waals surface area contributed by atoms with Crippen LogP contribution in [-0.4, -0.2) is 5.91 Å². The summed E-state index contributed by atoms with van der Waals surface area (Å²) in [4.78, 5) is 10.9. The maximum Gasteiger partial charge on any atom is 0.221 e. The summed E-state index contributed by atoms with van der Waals surface area (Å²) < 4.78 is 0. The van der Waals surface area contributed by atoms with E-state index in [1.54, 1.807) is 0 Å². The summed E-state index contributed by atoms with van der Waals surface area (Å²) in [6.45, 7) is 5.63. The molecule has 0 radical (unpaired) electrons. The first-order valence-electron chi connectivity index (χ1n) is 4.50. The van der Waals surface area contributed by atoms with Crippen LogP contribution in [-0.2, 0) is 11.2 Å². The number of nitrogens with one attached hydrogen (secondary N) is 1. The topological polar surface area (TPSA) is 29.1 Å². The summed E-state index contributed by atoms with van der Waals surface area (Å²) in [5, 5.41) is 2.83. The third-order valence-electron chi connectivity index (χ3n) is 1.96. The van der Waals surface area contributed by atoms with E-state index < -0.39 is 0 Å². The molecule has 1 amide bonds. The van der Waals surface area contributed by atoms with Crippen LogP contribution in [0.15, 0.2) is 18.2 Å². The molecular formula is C11H15NO. The molecule has 70 valence electrons. The molecule has 1 N–H and O–H groups in total. The van der Waals surface area contributed by atoms with Gasteiger partial charge in [-0.05, 0) is 30.5 Å². The van der Waals surface area contributed by atoms with Gasteiger partial charge >= 0.3 is 0 Å². The van der Waals surface area contributed by atoms with Gasteiger partial charge in [0.05, 0.1) is 0 Å². The Morgan fingerprint density at radius 1 is 1.46 bits per heavy atom. The number of hydrogen-bond acceptors (Lipinski definition) is 1. The molecule has 2 nitrogen and oxygen atoms in total. The summed E-state index contributed by atoms with van der Waals surface area (Å²) in [7, 11) is 0. The highest BCUT2D eigenvalue weighted by molar-refractivity contribution is 5.89. The molecule has 0 atom stereocenters. The normalized spacial score (nSPS) is 9.77. The molecule has 0 aliphatic heterocycles. The molecule has 2 heteroatoms. The summed E-state index contributed by atoms with van der Waals surface area (Å²) in [6.07, 6.45) is 0.940. The highest BCUT2D eigenvalue weighted by Gasteiger charge is 2.01. The van der Waals surface area contributed by atoms with Crippen molar-refractivity contribution in [3.8, 4) is 0 Å². The average Bonchev–Trinajstić information content (AvgIpc) is 2.03. The van der Waals surface area contributed by atoms with E-state index in [1.165, 1.54) is 18.1 Å². The van der Waals surface area contributed by atoms with Crippen molar-refractivity contribution in [2.24, 2.45) is 0 Å². The lowest BCUT2D eigenvalue weighted by atomic mass is 10.1. The Morgan fingerprint density at radius 2 is 2.15 bits per heavy atom. The third kappa shape index (κ3) is 2.58. The second kappa shape index (κ2) is 4.08. The van der Waals surface area contributed by atoms with Crippen LogP contribution in [0.2, 0.25) is 0 Å². The quantitative estimate of drug-likeness (QED) is 0.739. The predicted molar refractivity (Wildman–Crippen MR) is 54.9 cm³/mol. The van der Waals surface area contributed by atoms with Gasteiger partial charge in [0.15, 0.2) is 0 Å². The van der Waals surface area contributed by atoms with Crippen LogP contribution < -0.4 is 5.32 Å². The van der Waals surface area contributed by atoms with Crippen molar-refractivity contribution in [2.75, 3.05) is 5.32 Å². The number of benzene rings is 1. The summed E-state index contributed by atoms with van der Waals surface area (Å²) in [6, 6.07) is 6.12. The SMILES string of the molecule is CCc1ccc(C)cc1NC(C)=O. The minimum Gasteiger partial charge on any atom is -0.326 e. The molecule has 0 fully saturated rings. The lowest BCUT2D eigenvalue weighted by molar-refractivity contribution is -0.114. The first-order chi connectivity index (χ1) is 6.13. The first-order valence-corrected chi connectivity index (χ1v) is 4.50. The fourth-order valence-corrected chi connectivity index (χ4v) is 1.30. The maximum absolute atomic E-state index is 10.9. The van der Waals surface area contributed by atoms with Crippen LogP contribution in [0.1, 0.15) is 25.0 Å². The van der Waals surface area contributed by atoms with E-state index in [2.05, 4.69) is 24.4 Å². The third-order valence-corrected chi connectivity index (χ3v) is 1.96. The van der Waals surface area contributed by atoms with Crippen molar-refractivity contribution < 1.29 is 4.79 Å². The van der Waals surface area contributed by atoms with Crippen molar-refractivity contribution in [3.05, 3.63) is 29.3 Å². The Labute approximate surface area is 79.0 Å². The predicted octanol–water partition coefficient (Wildman–Crippen LogP) is 2.52. The van der Waals surface area contributed by atoms with E-state index in [9.17, 15) is 4.79 Å². The van der Waals surface area contributed by atoms with E-state index in [1.807, 2.05) is 13.0 Å². The molecule has 1 aromatic carbocycles. The summed E-state index contributed by atoms with van der Waals surface area (Å²) >= 11 is 0. The lowest BCUT2D eigenvalue weighted by Gasteiger charge is -2.08. The number of anilines is 1. The van der Waals surface area contributed by atoms with Crippen LogP contribution in [0.5, 0.6) is 0 Å². The van der Waals surface area contributed by atoms with Gasteiger partial charge in [-0.1, -0.05) is 19.1 Å². The molecule has 0 saturated carbocycles. The summed E-state index contributed by atoms with van der Waals surface area (Å²) in [5.41, 5.74) is 3.29. The zero-order valence-corrected chi connectivity index (χ0v) is 8.35. The Hall–Kier alpha value is -1.31. The molecule has 0 heterocycles. The van der Waals surface area contributed by atoms with Crippen molar-refractivity contribution in [1.82, 2.24) is 0 Å². The Bertz CT molecular complexity index is 318. The number of amides is 1. The summed E-state index contributed by atoms with van der Waals surface area (Å²) in [5.74, 6) is -0.0136. The van der Waals surface area contributed by atoms with Crippen molar-refractivity contribution >= 4 is 11.6 Å². The number of aryl methyl sites for hydroxylation is 2. The van der Waals surface area contributed by atoms with Crippen LogP contribution >= 0.6 is 0 Å². The van der Waals surface area contributed by atoms with Gasteiger partial charge in [0.1, 0.15) is 0 Å². The fraction of sp³-hybridized carbons (Fsp3) is 0.364. The molecule has 0 aromatic heterocycles. The molecule has 13 heavy (non-hydrogen) atoms. The smallest absolute Gasteiger partial charge is 0.221 e. The van der Waals surface area contributed by atoms with Crippen LogP contribution in [0.25, 0.3) is 0 Å². The number of carbonyl (C=O) groups excluding carboxylic acids is 1. The van der Waals surface area contributed by atoms with Gasteiger partial charge in [0.2, 0.25) is 5.91 Å². The number of rotatable bonds is 2. The largest absolute Gasteiger partial charge is 0.326 e. The molecule has 0 saturated heterocycles. The lowest BCUT2D eigenvalue weighted by Crippen LogP contribution is -2.08. The standard InChI is InChI=1S/C11H15NO/c1-4-10-6-5-8(2)7-11(10)12-9(3)13/h5-7H,4H2,1-3H3,(H,12,13). The molecule has 0 aliphatic rings. The molecule has 0 unspecified atom stereocenters. The zero-order valence-electron chi connectivity index (χ0n) is 8.35. The highest BCUT2D eigenvalue weighted by Crippen LogP contribution is 2.17. The fourth-order valence-electron chi connectivity index (χ4n) is 1.30. The zero-order chi connectivity index (χ0) is 9.84. The van der Waals surface area contributed by atoms with Gasteiger partial charge < -0.3 is 5.32 Å². The van der Waals surface area contributed by atoms with Crippen molar-refractivity contribution in [3.63, 3.8) is 0 Å². The molecule has 0 bridgehead atoms. The minimum absolute atomic E-state index is 0.0136. The maximum atomic E-state index is 10.9. The van der Waals surface area contributed by atoms with Gasteiger partial charge in [0, 0.05) is 12.6 Å². The second-order valence-electron chi connectivity index (χ2n) is 3.20.